The van der Waals surface area contributed by atoms with Gasteiger partial charge < -0.3 is 5.11 Å². The molecule has 0 unspecified atom stereocenters. The topological polar surface area (TPSA) is 55.1 Å². The second kappa shape index (κ2) is 5.16. The monoisotopic (exact) mass is 326 g/mol. The van der Waals surface area contributed by atoms with Crippen LogP contribution in [0.5, 0.6) is 0 Å². The summed E-state index contributed by atoms with van der Waals surface area (Å²) in [7, 11) is 1.62. The molecule has 0 atom stereocenters. The van der Waals surface area contributed by atoms with Gasteiger partial charge in [-0.3, -0.25) is 4.68 Å². The van der Waals surface area contributed by atoms with Crippen LogP contribution in [0.15, 0.2) is 33.6 Å². The van der Waals surface area contributed by atoms with Gasteiger partial charge in [-0.05, 0) is 34.3 Å². The highest BCUT2D eigenvalue weighted by atomic mass is 79.9. The average molecular weight is 327 g/mol. The van der Waals surface area contributed by atoms with Crippen LogP contribution in [0, 0.1) is 0 Å². The van der Waals surface area contributed by atoms with Gasteiger partial charge in [0.15, 0.2) is 5.69 Å². The Bertz CT molecular complexity index is 593. The van der Waals surface area contributed by atoms with Gasteiger partial charge >= 0.3 is 5.97 Å². The van der Waals surface area contributed by atoms with Gasteiger partial charge in [0.2, 0.25) is 0 Å². The van der Waals surface area contributed by atoms with E-state index in [9.17, 15) is 4.79 Å². The van der Waals surface area contributed by atoms with Gasteiger partial charge in [0.05, 0.1) is 4.47 Å². The summed E-state index contributed by atoms with van der Waals surface area (Å²) >= 11 is 4.96. The summed E-state index contributed by atoms with van der Waals surface area (Å²) in [6.07, 6.45) is 2.01. The molecule has 0 bridgehead atoms. The van der Waals surface area contributed by atoms with E-state index in [4.69, 9.17) is 5.11 Å². The van der Waals surface area contributed by atoms with Crippen LogP contribution in [0.1, 0.15) is 10.5 Å². The number of halogens is 1. The third kappa shape index (κ3) is 2.30. The Morgan fingerprint density at radius 3 is 2.44 bits per heavy atom. The Morgan fingerprint density at radius 1 is 1.39 bits per heavy atom. The molecule has 1 aromatic carbocycles. The van der Waals surface area contributed by atoms with E-state index in [1.807, 2.05) is 30.5 Å². The molecule has 1 N–H and O–H groups in total. The highest BCUT2D eigenvalue weighted by Crippen LogP contribution is 2.31. The van der Waals surface area contributed by atoms with Gasteiger partial charge in [0.25, 0.3) is 0 Å². The molecule has 0 aliphatic heterocycles. The van der Waals surface area contributed by atoms with Gasteiger partial charge in [0, 0.05) is 17.5 Å². The van der Waals surface area contributed by atoms with E-state index in [1.165, 1.54) is 4.68 Å². The molecule has 0 spiro atoms. The molecule has 1 heterocycles. The first-order chi connectivity index (χ1) is 8.54. The van der Waals surface area contributed by atoms with Crippen LogP contribution < -0.4 is 0 Å². The minimum absolute atomic E-state index is 0.152. The summed E-state index contributed by atoms with van der Waals surface area (Å²) in [6.45, 7) is 0. The SMILES string of the molecule is CSc1ccc(-c2nn(C)c(C(=O)O)c2Br)cc1. The van der Waals surface area contributed by atoms with Crippen molar-refractivity contribution >= 4 is 33.7 Å². The van der Waals surface area contributed by atoms with E-state index in [1.54, 1.807) is 18.8 Å². The number of benzene rings is 1. The summed E-state index contributed by atoms with van der Waals surface area (Å²) < 4.78 is 1.87. The highest BCUT2D eigenvalue weighted by Gasteiger charge is 2.20. The molecule has 0 fully saturated rings. The fraction of sp³-hybridized carbons (Fsp3) is 0.167. The van der Waals surface area contributed by atoms with Crippen LogP contribution in [0.3, 0.4) is 0 Å². The highest BCUT2D eigenvalue weighted by molar-refractivity contribution is 9.10. The molecule has 2 aromatic rings. The van der Waals surface area contributed by atoms with Crippen molar-refractivity contribution in [1.82, 2.24) is 9.78 Å². The molecule has 0 saturated heterocycles. The largest absolute Gasteiger partial charge is 0.476 e. The molecule has 2 rings (SSSR count). The Hall–Kier alpha value is -1.27. The van der Waals surface area contributed by atoms with Crippen LogP contribution in [-0.4, -0.2) is 27.1 Å². The van der Waals surface area contributed by atoms with E-state index in [2.05, 4.69) is 21.0 Å². The quantitative estimate of drug-likeness (QED) is 0.879. The third-order valence-electron chi connectivity index (χ3n) is 2.56. The van der Waals surface area contributed by atoms with Crippen molar-refractivity contribution < 1.29 is 9.90 Å². The van der Waals surface area contributed by atoms with E-state index >= 15 is 0 Å². The number of thioether (sulfide) groups is 1. The zero-order chi connectivity index (χ0) is 13.3. The second-order valence-electron chi connectivity index (χ2n) is 3.67. The van der Waals surface area contributed by atoms with Gasteiger partial charge in [-0.25, -0.2) is 4.79 Å². The summed E-state index contributed by atoms with van der Waals surface area (Å²) in [5.74, 6) is -0.996. The number of aromatic nitrogens is 2. The normalized spacial score (nSPS) is 10.6. The summed E-state index contributed by atoms with van der Waals surface area (Å²) in [6, 6.07) is 7.85. The predicted molar refractivity (Wildman–Crippen MR) is 75.1 cm³/mol. The van der Waals surface area contributed by atoms with Crippen molar-refractivity contribution in [2.75, 3.05) is 6.26 Å². The average Bonchev–Trinajstić information content (AvgIpc) is 2.65. The van der Waals surface area contributed by atoms with Crippen molar-refractivity contribution in [3.63, 3.8) is 0 Å². The molecule has 0 aliphatic carbocycles. The third-order valence-corrected chi connectivity index (χ3v) is 4.05. The lowest BCUT2D eigenvalue weighted by Gasteiger charge is -1.99. The minimum atomic E-state index is -0.996. The number of rotatable bonds is 3. The maximum atomic E-state index is 11.1. The number of carboxylic acid groups (broad SMARTS) is 1. The van der Waals surface area contributed by atoms with Crippen LogP contribution in [0.25, 0.3) is 11.3 Å². The Kier molecular flexibility index (Phi) is 3.77. The first kappa shape index (κ1) is 13.2. The lowest BCUT2D eigenvalue weighted by molar-refractivity contribution is 0.0684. The van der Waals surface area contributed by atoms with Crippen molar-refractivity contribution in [1.29, 1.82) is 0 Å². The maximum absolute atomic E-state index is 11.1. The van der Waals surface area contributed by atoms with Crippen molar-refractivity contribution in [2.45, 2.75) is 4.90 Å². The molecule has 0 saturated carbocycles. The number of aryl methyl sites for hydroxylation is 1. The van der Waals surface area contributed by atoms with Crippen molar-refractivity contribution in [3.8, 4) is 11.3 Å². The molecule has 1 aromatic heterocycles. The summed E-state index contributed by atoms with van der Waals surface area (Å²) in [5.41, 5.74) is 1.68. The number of nitrogens with zero attached hydrogens (tertiary/aromatic N) is 2. The van der Waals surface area contributed by atoms with E-state index < -0.39 is 5.97 Å². The number of carbonyl (C=O) groups is 1. The van der Waals surface area contributed by atoms with Crippen LogP contribution in [0.2, 0.25) is 0 Å². The smallest absolute Gasteiger partial charge is 0.355 e. The van der Waals surface area contributed by atoms with Crippen molar-refractivity contribution in [3.05, 3.63) is 34.4 Å². The van der Waals surface area contributed by atoms with Crippen LogP contribution in [0.4, 0.5) is 0 Å². The number of hydrogen-bond donors (Lipinski definition) is 1. The lowest BCUT2D eigenvalue weighted by atomic mass is 10.1. The Labute approximate surface area is 117 Å². The molecule has 4 nitrogen and oxygen atoms in total. The standard InChI is InChI=1S/C12H11BrN2O2S/c1-15-11(12(16)17)9(13)10(14-15)7-3-5-8(18-2)6-4-7/h3-6H,1-2H3,(H,16,17). The van der Waals surface area contributed by atoms with Gasteiger partial charge in [-0.1, -0.05) is 12.1 Å². The molecule has 94 valence electrons. The molecule has 0 radical (unpaired) electrons. The molecule has 6 heteroatoms. The first-order valence-electron chi connectivity index (χ1n) is 5.14. The predicted octanol–water partition coefficient (Wildman–Crippen LogP) is 3.27. The summed E-state index contributed by atoms with van der Waals surface area (Å²) in [5, 5.41) is 13.3. The second-order valence-corrected chi connectivity index (χ2v) is 5.34. The van der Waals surface area contributed by atoms with E-state index in [0.717, 1.165) is 10.5 Å². The number of carboxylic acids is 1. The number of aromatic carboxylic acids is 1. The summed E-state index contributed by atoms with van der Waals surface area (Å²) in [4.78, 5) is 12.3. The van der Waals surface area contributed by atoms with Crippen LogP contribution >= 0.6 is 27.7 Å². The zero-order valence-corrected chi connectivity index (χ0v) is 12.2. The van der Waals surface area contributed by atoms with Gasteiger partial charge in [-0.2, -0.15) is 5.10 Å². The van der Waals surface area contributed by atoms with E-state index in [0.29, 0.717) is 10.2 Å². The van der Waals surface area contributed by atoms with Crippen LogP contribution in [-0.2, 0) is 7.05 Å². The van der Waals surface area contributed by atoms with Crippen molar-refractivity contribution in [2.24, 2.45) is 7.05 Å². The lowest BCUT2D eigenvalue weighted by Crippen LogP contribution is -2.05. The molecule has 0 aliphatic rings. The first-order valence-corrected chi connectivity index (χ1v) is 7.16. The van der Waals surface area contributed by atoms with Gasteiger partial charge in [-0.15, -0.1) is 11.8 Å². The zero-order valence-electron chi connectivity index (χ0n) is 9.85. The molecule has 0 amide bonds. The maximum Gasteiger partial charge on any atom is 0.355 e. The molecular formula is C12H11BrN2O2S. The molecular weight excluding hydrogens is 316 g/mol. The molecule has 18 heavy (non-hydrogen) atoms. The Morgan fingerprint density at radius 2 is 2.00 bits per heavy atom. The fourth-order valence-electron chi connectivity index (χ4n) is 1.66. The fourth-order valence-corrected chi connectivity index (χ4v) is 2.81. The van der Waals surface area contributed by atoms with E-state index in [-0.39, 0.29) is 5.69 Å². The van der Waals surface area contributed by atoms with Gasteiger partial charge in [0.1, 0.15) is 5.69 Å². The minimum Gasteiger partial charge on any atom is -0.476 e. The Balaban J connectivity index is 2.50. The number of hydrogen-bond acceptors (Lipinski definition) is 3.